The van der Waals surface area contributed by atoms with E-state index in [2.05, 4.69) is 20.6 Å². The number of nitrogens with one attached hydrogen (secondary N) is 2. The third-order valence-corrected chi connectivity index (χ3v) is 3.20. The smallest absolute Gasteiger partial charge is 0.251 e. The summed E-state index contributed by atoms with van der Waals surface area (Å²) in [5.41, 5.74) is 3.58. The molecule has 1 heterocycles. The first kappa shape index (κ1) is 15.9. The van der Waals surface area contributed by atoms with Crippen molar-refractivity contribution in [1.82, 2.24) is 20.6 Å². The van der Waals surface area contributed by atoms with Crippen molar-refractivity contribution in [2.75, 3.05) is 6.54 Å². The van der Waals surface area contributed by atoms with Crippen LogP contribution in [0.3, 0.4) is 0 Å². The Balaban J connectivity index is 2.12. The fourth-order valence-electron chi connectivity index (χ4n) is 2.01. The lowest BCUT2D eigenvalue weighted by atomic mass is 10.1. The molecule has 1 aromatic carbocycles. The normalized spacial score (nSPS) is 10.8. The number of carbonyl (C=O) groups is 2. The number of amides is 2. The lowest BCUT2D eigenvalue weighted by molar-refractivity contribution is -0.120. The van der Waals surface area contributed by atoms with Gasteiger partial charge >= 0.3 is 0 Å². The van der Waals surface area contributed by atoms with Crippen LogP contribution in [0.15, 0.2) is 18.2 Å². The molecule has 0 aliphatic carbocycles. The molecule has 0 unspecified atom stereocenters. The number of aromatic nitrogens is 2. The van der Waals surface area contributed by atoms with Gasteiger partial charge in [-0.05, 0) is 45.9 Å². The number of carbonyl (C=O) groups excluding carboxylic acids is 2. The van der Waals surface area contributed by atoms with Crippen LogP contribution in [0.25, 0.3) is 11.0 Å². The van der Waals surface area contributed by atoms with Crippen LogP contribution in [0.4, 0.5) is 0 Å². The zero-order chi connectivity index (χ0) is 16.3. The summed E-state index contributed by atoms with van der Waals surface area (Å²) in [6.45, 7) is 7.46. The van der Waals surface area contributed by atoms with Gasteiger partial charge in [0.25, 0.3) is 5.91 Å². The fourth-order valence-corrected chi connectivity index (χ4v) is 2.01. The van der Waals surface area contributed by atoms with Gasteiger partial charge in [0, 0.05) is 11.6 Å². The fraction of sp³-hybridized carbons (Fsp3) is 0.375. The van der Waals surface area contributed by atoms with Crippen molar-refractivity contribution in [3.8, 4) is 0 Å². The van der Waals surface area contributed by atoms with Crippen molar-refractivity contribution < 1.29 is 9.59 Å². The lowest BCUT2D eigenvalue weighted by Gasteiger charge is -2.09. The van der Waals surface area contributed by atoms with Gasteiger partial charge in [-0.15, -0.1) is 0 Å². The summed E-state index contributed by atoms with van der Waals surface area (Å²) in [6, 6.07) is 5.18. The summed E-state index contributed by atoms with van der Waals surface area (Å²) in [5, 5.41) is 5.31. The van der Waals surface area contributed by atoms with E-state index in [0.29, 0.717) is 11.1 Å². The van der Waals surface area contributed by atoms with Crippen molar-refractivity contribution in [2.24, 2.45) is 0 Å². The van der Waals surface area contributed by atoms with Crippen molar-refractivity contribution in [1.29, 1.82) is 0 Å². The van der Waals surface area contributed by atoms with Gasteiger partial charge in [-0.1, -0.05) is 0 Å². The Bertz CT molecular complexity index is 725. The van der Waals surface area contributed by atoms with Crippen LogP contribution in [-0.2, 0) is 4.79 Å². The van der Waals surface area contributed by atoms with E-state index in [1.165, 1.54) is 0 Å². The molecule has 2 aromatic rings. The predicted molar refractivity (Wildman–Crippen MR) is 84.6 cm³/mol. The minimum atomic E-state index is -0.305. The first-order chi connectivity index (χ1) is 10.4. The van der Waals surface area contributed by atoms with E-state index in [0.717, 1.165) is 16.9 Å². The molecule has 0 saturated heterocycles. The second-order valence-corrected chi connectivity index (χ2v) is 5.50. The molecular formula is C16H20N4O2. The zero-order valence-corrected chi connectivity index (χ0v) is 13.2. The van der Waals surface area contributed by atoms with Crippen molar-refractivity contribution in [2.45, 2.75) is 33.7 Å². The number of fused-ring (bicyclic) bond motifs is 1. The van der Waals surface area contributed by atoms with E-state index in [9.17, 15) is 9.59 Å². The summed E-state index contributed by atoms with van der Waals surface area (Å²) in [5.74, 6) is -0.517. The summed E-state index contributed by atoms with van der Waals surface area (Å²) in [7, 11) is 0. The number of nitrogens with zero attached hydrogens (tertiary/aromatic N) is 2. The van der Waals surface area contributed by atoms with E-state index >= 15 is 0 Å². The predicted octanol–water partition coefficient (Wildman–Crippen LogP) is 1.50. The molecular weight excluding hydrogens is 280 g/mol. The average molecular weight is 300 g/mol. The largest absolute Gasteiger partial charge is 0.352 e. The molecule has 0 spiro atoms. The Morgan fingerprint density at radius 2 is 1.73 bits per heavy atom. The Morgan fingerprint density at radius 1 is 1.09 bits per heavy atom. The molecule has 6 heteroatoms. The molecule has 6 nitrogen and oxygen atoms in total. The van der Waals surface area contributed by atoms with Gasteiger partial charge in [-0.2, -0.15) is 0 Å². The average Bonchev–Trinajstić information content (AvgIpc) is 2.45. The van der Waals surface area contributed by atoms with Gasteiger partial charge in [0.2, 0.25) is 5.91 Å². The quantitative estimate of drug-likeness (QED) is 0.896. The van der Waals surface area contributed by atoms with Gasteiger partial charge in [0.1, 0.15) is 0 Å². The maximum absolute atomic E-state index is 12.1. The first-order valence-electron chi connectivity index (χ1n) is 7.19. The minimum Gasteiger partial charge on any atom is -0.352 e. The minimum absolute atomic E-state index is 0.0477. The maximum Gasteiger partial charge on any atom is 0.251 e. The van der Waals surface area contributed by atoms with Gasteiger partial charge in [0.15, 0.2) is 0 Å². The van der Waals surface area contributed by atoms with Crippen molar-refractivity contribution >= 4 is 22.8 Å². The summed E-state index contributed by atoms with van der Waals surface area (Å²) in [4.78, 5) is 32.5. The van der Waals surface area contributed by atoms with E-state index < -0.39 is 0 Å². The topological polar surface area (TPSA) is 84.0 Å². The van der Waals surface area contributed by atoms with Gasteiger partial charge in [-0.25, -0.2) is 9.97 Å². The lowest BCUT2D eigenvalue weighted by Crippen LogP contribution is -2.39. The third-order valence-electron chi connectivity index (χ3n) is 3.20. The Kier molecular flexibility index (Phi) is 4.70. The molecule has 22 heavy (non-hydrogen) atoms. The number of rotatable bonds is 4. The van der Waals surface area contributed by atoms with Crippen LogP contribution in [0.1, 0.15) is 35.6 Å². The van der Waals surface area contributed by atoms with Crippen molar-refractivity contribution in [3.05, 3.63) is 35.2 Å². The molecule has 0 saturated carbocycles. The molecule has 0 bridgehead atoms. The summed E-state index contributed by atoms with van der Waals surface area (Å²) in [6.07, 6.45) is 0. The molecule has 0 aliphatic rings. The molecule has 0 aliphatic heterocycles. The van der Waals surface area contributed by atoms with Gasteiger partial charge in [0.05, 0.1) is 29.0 Å². The molecule has 0 atom stereocenters. The second-order valence-electron chi connectivity index (χ2n) is 5.50. The standard InChI is InChI=1S/C16H20N4O2/c1-9(2)18-15(21)8-17-16(22)12-5-6-13-14(7-12)20-11(4)10(3)19-13/h5-7,9H,8H2,1-4H3,(H,17,22)(H,18,21). The van der Waals surface area contributed by atoms with E-state index in [1.54, 1.807) is 18.2 Å². The SMILES string of the molecule is Cc1nc2ccc(C(=O)NCC(=O)NC(C)C)cc2nc1C. The molecule has 2 amide bonds. The number of hydrogen-bond donors (Lipinski definition) is 2. The van der Waals surface area contributed by atoms with Crippen LogP contribution in [0.5, 0.6) is 0 Å². The van der Waals surface area contributed by atoms with Crippen LogP contribution < -0.4 is 10.6 Å². The second kappa shape index (κ2) is 6.51. The maximum atomic E-state index is 12.1. The zero-order valence-electron chi connectivity index (χ0n) is 13.2. The van der Waals surface area contributed by atoms with Crippen LogP contribution >= 0.6 is 0 Å². The first-order valence-corrected chi connectivity index (χ1v) is 7.19. The number of hydrogen-bond acceptors (Lipinski definition) is 4. The molecule has 0 fully saturated rings. The van der Waals surface area contributed by atoms with E-state index in [4.69, 9.17) is 0 Å². The highest BCUT2D eigenvalue weighted by Gasteiger charge is 2.10. The molecule has 0 radical (unpaired) electrons. The molecule has 1 aromatic heterocycles. The summed E-state index contributed by atoms with van der Waals surface area (Å²) >= 11 is 0. The number of aryl methyl sites for hydroxylation is 2. The van der Waals surface area contributed by atoms with Gasteiger partial charge < -0.3 is 10.6 Å². The Hall–Kier alpha value is -2.50. The van der Waals surface area contributed by atoms with Crippen molar-refractivity contribution in [3.63, 3.8) is 0 Å². The highest BCUT2D eigenvalue weighted by Crippen LogP contribution is 2.14. The van der Waals surface area contributed by atoms with Gasteiger partial charge in [-0.3, -0.25) is 9.59 Å². The Morgan fingerprint density at radius 3 is 2.36 bits per heavy atom. The third kappa shape index (κ3) is 3.78. The monoisotopic (exact) mass is 300 g/mol. The van der Waals surface area contributed by atoms with Crippen LogP contribution in [0.2, 0.25) is 0 Å². The molecule has 2 N–H and O–H groups in total. The Labute approximate surface area is 129 Å². The highest BCUT2D eigenvalue weighted by atomic mass is 16.2. The molecule has 2 rings (SSSR count). The van der Waals surface area contributed by atoms with E-state index in [1.807, 2.05) is 27.7 Å². The molecule has 116 valence electrons. The van der Waals surface area contributed by atoms with Crippen LogP contribution in [-0.4, -0.2) is 34.4 Å². The highest BCUT2D eigenvalue weighted by molar-refractivity contribution is 5.98. The number of benzene rings is 1. The van der Waals surface area contributed by atoms with E-state index in [-0.39, 0.29) is 24.4 Å². The van der Waals surface area contributed by atoms with Crippen LogP contribution in [0, 0.1) is 13.8 Å². The summed E-state index contributed by atoms with van der Waals surface area (Å²) < 4.78 is 0.